The summed E-state index contributed by atoms with van der Waals surface area (Å²) in [6.45, 7) is 2.99. The monoisotopic (exact) mass is 369 g/mol. The molecule has 3 N–H and O–H groups in total. The number of thiazole rings is 1. The van der Waals surface area contributed by atoms with Gasteiger partial charge in [-0.05, 0) is 31.2 Å². The number of hydrogen-bond acceptors (Lipinski definition) is 6. The fraction of sp³-hybridized carbons (Fsp3) is 0.312. The van der Waals surface area contributed by atoms with E-state index < -0.39 is 0 Å². The van der Waals surface area contributed by atoms with Crippen LogP contribution >= 0.6 is 23.7 Å². The number of ether oxygens (including phenoxy) is 1. The number of hydrogen-bond donors (Lipinski definition) is 2. The molecule has 1 amide bonds. The Hall–Kier alpha value is -1.96. The van der Waals surface area contributed by atoms with Crippen LogP contribution < -0.4 is 11.1 Å². The molecular formula is C16H20ClN3O3S. The average Bonchev–Trinajstić information content (AvgIpc) is 3.02. The topological polar surface area (TPSA) is 94.3 Å². The lowest BCUT2D eigenvalue weighted by atomic mass is 10.1. The Kier molecular flexibility index (Phi) is 8.39. The van der Waals surface area contributed by atoms with Gasteiger partial charge in [0.1, 0.15) is 5.69 Å². The summed E-state index contributed by atoms with van der Waals surface area (Å²) in [6, 6.07) is 6.93. The molecule has 6 nitrogen and oxygen atoms in total. The standard InChI is InChI=1S/C16H19N3O3S.ClH/c1-2-22-16(21)12-5-3-11(4-6-12)9-18-15(20)13-10-23-14(19-13)7-8-17;/h3-6,10H,2,7-9,17H2,1H3,(H,18,20);1H. The lowest BCUT2D eigenvalue weighted by Gasteiger charge is -2.05. The Morgan fingerprint density at radius 2 is 2.00 bits per heavy atom. The predicted molar refractivity (Wildman–Crippen MR) is 95.7 cm³/mol. The number of aromatic nitrogens is 1. The van der Waals surface area contributed by atoms with Gasteiger partial charge in [0.25, 0.3) is 5.91 Å². The predicted octanol–water partition coefficient (Wildman–Crippen LogP) is 2.17. The third-order valence-electron chi connectivity index (χ3n) is 3.06. The first-order valence-corrected chi connectivity index (χ1v) is 8.20. The molecule has 8 heteroatoms. The highest BCUT2D eigenvalue weighted by Crippen LogP contribution is 2.10. The molecular weight excluding hydrogens is 350 g/mol. The molecule has 0 bridgehead atoms. The number of halogens is 1. The van der Waals surface area contributed by atoms with E-state index in [1.54, 1.807) is 36.6 Å². The van der Waals surface area contributed by atoms with E-state index >= 15 is 0 Å². The van der Waals surface area contributed by atoms with E-state index in [9.17, 15) is 9.59 Å². The second kappa shape index (κ2) is 10.0. The van der Waals surface area contributed by atoms with Crippen LogP contribution in [0.25, 0.3) is 0 Å². The van der Waals surface area contributed by atoms with Crippen molar-refractivity contribution in [3.63, 3.8) is 0 Å². The van der Waals surface area contributed by atoms with Crippen LogP contribution in [0.2, 0.25) is 0 Å². The number of nitrogens with zero attached hydrogens (tertiary/aromatic N) is 1. The van der Waals surface area contributed by atoms with Crippen molar-refractivity contribution >= 4 is 35.6 Å². The van der Waals surface area contributed by atoms with Gasteiger partial charge in [-0.1, -0.05) is 12.1 Å². The molecule has 0 fully saturated rings. The van der Waals surface area contributed by atoms with Gasteiger partial charge in [0.15, 0.2) is 0 Å². The van der Waals surface area contributed by atoms with Crippen molar-refractivity contribution in [2.45, 2.75) is 19.9 Å². The maximum atomic E-state index is 12.0. The third-order valence-corrected chi connectivity index (χ3v) is 3.97. The quantitative estimate of drug-likeness (QED) is 0.729. The third kappa shape index (κ3) is 5.59. The molecule has 0 atom stereocenters. The van der Waals surface area contributed by atoms with Crippen molar-refractivity contribution in [1.29, 1.82) is 0 Å². The van der Waals surface area contributed by atoms with Crippen LogP contribution in [0.4, 0.5) is 0 Å². The van der Waals surface area contributed by atoms with Gasteiger partial charge in [-0.15, -0.1) is 23.7 Å². The Balaban J connectivity index is 0.00000288. The zero-order valence-corrected chi connectivity index (χ0v) is 14.9. The van der Waals surface area contributed by atoms with Crippen LogP contribution in [0.5, 0.6) is 0 Å². The van der Waals surface area contributed by atoms with E-state index in [-0.39, 0.29) is 24.3 Å². The van der Waals surface area contributed by atoms with E-state index in [1.165, 1.54) is 11.3 Å². The van der Waals surface area contributed by atoms with Gasteiger partial charge in [-0.3, -0.25) is 4.79 Å². The summed E-state index contributed by atoms with van der Waals surface area (Å²) in [5.74, 6) is -0.572. The minimum atomic E-state index is -0.349. The number of carbonyl (C=O) groups excluding carboxylic acids is 2. The maximum Gasteiger partial charge on any atom is 0.338 e. The number of carbonyl (C=O) groups is 2. The fourth-order valence-corrected chi connectivity index (χ4v) is 2.69. The van der Waals surface area contributed by atoms with Gasteiger partial charge in [0.05, 0.1) is 17.2 Å². The van der Waals surface area contributed by atoms with E-state index in [1.807, 2.05) is 0 Å². The van der Waals surface area contributed by atoms with Gasteiger partial charge < -0.3 is 15.8 Å². The first-order valence-electron chi connectivity index (χ1n) is 7.32. The first-order chi connectivity index (χ1) is 11.1. The van der Waals surface area contributed by atoms with E-state index in [0.717, 1.165) is 10.6 Å². The second-order valence-corrected chi connectivity index (χ2v) is 5.71. The van der Waals surface area contributed by atoms with Crippen LogP contribution in [0.3, 0.4) is 0 Å². The second-order valence-electron chi connectivity index (χ2n) is 4.77. The molecule has 0 aliphatic rings. The van der Waals surface area contributed by atoms with Crippen molar-refractivity contribution in [1.82, 2.24) is 10.3 Å². The van der Waals surface area contributed by atoms with Crippen molar-refractivity contribution in [3.8, 4) is 0 Å². The molecule has 0 unspecified atom stereocenters. The molecule has 0 saturated heterocycles. The normalized spacial score (nSPS) is 9.92. The van der Waals surface area contributed by atoms with Gasteiger partial charge in [-0.25, -0.2) is 9.78 Å². The molecule has 2 rings (SSSR count). The van der Waals surface area contributed by atoms with Gasteiger partial charge in [-0.2, -0.15) is 0 Å². The highest BCUT2D eigenvalue weighted by atomic mass is 35.5. The van der Waals surface area contributed by atoms with E-state index in [2.05, 4.69) is 10.3 Å². The fourth-order valence-electron chi connectivity index (χ4n) is 1.90. The molecule has 0 spiro atoms. The number of rotatable bonds is 7. The molecule has 1 heterocycles. The lowest BCUT2D eigenvalue weighted by Crippen LogP contribution is -2.23. The molecule has 0 saturated carbocycles. The summed E-state index contributed by atoms with van der Waals surface area (Å²) >= 11 is 1.43. The molecule has 24 heavy (non-hydrogen) atoms. The summed E-state index contributed by atoms with van der Waals surface area (Å²) in [5, 5.41) is 5.39. The van der Waals surface area contributed by atoms with Crippen LogP contribution in [-0.4, -0.2) is 30.0 Å². The Labute approximate surface area is 150 Å². The van der Waals surface area contributed by atoms with Crippen LogP contribution in [0.15, 0.2) is 29.6 Å². The minimum Gasteiger partial charge on any atom is -0.462 e. The minimum absolute atomic E-state index is 0. The smallest absolute Gasteiger partial charge is 0.338 e. The van der Waals surface area contributed by atoms with Crippen molar-refractivity contribution in [2.75, 3.05) is 13.2 Å². The highest BCUT2D eigenvalue weighted by Gasteiger charge is 2.10. The van der Waals surface area contributed by atoms with Gasteiger partial charge in [0, 0.05) is 18.3 Å². The molecule has 0 radical (unpaired) electrons. The summed E-state index contributed by atoms with van der Waals surface area (Å²) in [7, 11) is 0. The number of nitrogens with one attached hydrogen (secondary N) is 1. The summed E-state index contributed by atoms with van der Waals surface area (Å²) in [4.78, 5) is 27.8. The molecule has 2 aromatic rings. The average molecular weight is 370 g/mol. The number of benzene rings is 1. The summed E-state index contributed by atoms with van der Waals surface area (Å²) in [6.07, 6.45) is 0.674. The highest BCUT2D eigenvalue weighted by molar-refractivity contribution is 7.09. The van der Waals surface area contributed by atoms with Crippen molar-refractivity contribution < 1.29 is 14.3 Å². The number of amides is 1. The summed E-state index contributed by atoms with van der Waals surface area (Å²) in [5.41, 5.74) is 7.26. The zero-order valence-electron chi connectivity index (χ0n) is 13.3. The Morgan fingerprint density at radius 1 is 1.29 bits per heavy atom. The molecule has 130 valence electrons. The lowest BCUT2D eigenvalue weighted by molar-refractivity contribution is 0.0526. The van der Waals surface area contributed by atoms with Crippen molar-refractivity contribution in [2.24, 2.45) is 5.73 Å². The molecule has 1 aromatic heterocycles. The zero-order chi connectivity index (χ0) is 16.7. The Morgan fingerprint density at radius 3 is 2.62 bits per heavy atom. The number of esters is 1. The summed E-state index contributed by atoms with van der Waals surface area (Å²) < 4.78 is 4.92. The van der Waals surface area contributed by atoms with Crippen LogP contribution in [0, 0.1) is 0 Å². The van der Waals surface area contributed by atoms with Gasteiger partial charge >= 0.3 is 5.97 Å². The number of nitrogens with two attached hydrogens (primary N) is 1. The molecule has 0 aliphatic heterocycles. The van der Waals surface area contributed by atoms with Crippen molar-refractivity contribution in [3.05, 3.63) is 51.5 Å². The van der Waals surface area contributed by atoms with Crippen LogP contribution in [-0.2, 0) is 17.7 Å². The Bertz CT molecular complexity index is 673. The molecule has 0 aliphatic carbocycles. The van der Waals surface area contributed by atoms with E-state index in [4.69, 9.17) is 10.5 Å². The molecule has 1 aromatic carbocycles. The first kappa shape index (κ1) is 20.1. The maximum absolute atomic E-state index is 12.0. The van der Waals surface area contributed by atoms with Crippen LogP contribution in [0.1, 0.15) is 38.3 Å². The largest absolute Gasteiger partial charge is 0.462 e. The SMILES string of the molecule is CCOC(=O)c1ccc(CNC(=O)c2csc(CCN)n2)cc1.Cl. The van der Waals surface area contributed by atoms with E-state index in [0.29, 0.717) is 37.4 Å². The van der Waals surface area contributed by atoms with Gasteiger partial charge in [0.2, 0.25) is 0 Å².